The highest BCUT2D eigenvalue weighted by molar-refractivity contribution is 6.34. The summed E-state index contributed by atoms with van der Waals surface area (Å²) in [7, 11) is 0. The van der Waals surface area contributed by atoms with Gasteiger partial charge in [-0.15, -0.1) is 0 Å². The van der Waals surface area contributed by atoms with Gasteiger partial charge in [-0.25, -0.2) is 4.79 Å². The number of nitrogens with zero attached hydrogens (tertiary/aromatic N) is 1. The highest BCUT2D eigenvalue weighted by Crippen LogP contribution is 2.33. The van der Waals surface area contributed by atoms with Crippen molar-refractivity contribution >= 4 is 35.2 Å². The van der Waals surface area contributed by atoms with Crippen molar-refractivity contribution in [2.75, 3.05) is 31.5 Å². The number of aromatic amines is 1. The molecule has 2 aliphatic rings. The molecule has 0 unspecified atom stereocenters. The average Bonchev–Trinajstić information content (AvgIpc) is 3.22. The fourth-order valence-electron chi connectivity index (χ4n) is 4.14. The zero-order valence-corrected chi connectivity index (χ0v) is 17.8. The number of carbonyl (C=O) groups excluding carboxylic acids is 3. The topological polar surface area (TPSA) is 106 Å². The lowest BCUT2D eigenvalue weighted by Crippen LogP contribution is -2.47. The van der Waals surface area contributed by atoms with E-state index in [-0.39, 0.29) is 17.8 Å². The summed E-state index contributed by atoms with van der Waals surface area (Å²) in [4.78, 5) is 42.0. The van der Waals surface area contributed by atoms with Crippen LogP contribution in [-0.4, -0.2) is 53.9 Å². The lowest BCUT2D eigenvalue weighted by atomic mass is 10.0. The molecule has 162 valence electrons. The van der Waals surface area contributed by atoms with Crippen LogP contribution in [0.2, 0.25) is 0 Å². The molecule has 4 rings (SSSR count). The van der Waals surface area contributed by atoms with E-state index in [0.29, 0.717) is 30.6 Å². The second kappa shape index (κ2) is 8.67. The average molecular weight is 422 g/mol. The van der Waals surface area contributed by atoms with Gasteiger partial charge in [-0.1, -0.05) is 18.2 Å². The van der Waals surface area contributed by atoms with E-state index in [2.05, 4.69) is 20.9 Å². The van der Waals surface area contributed by atoms with Crippen LogP contribution in [0.5, 0.6) is 0 Å². The number of hydrogen-bond acceptors (Lipinski definition) is 3. The van der Waals surface area contributed by atoms with Gasteiger partial charge >= 0.3 is 6.03 Å². The number of amides is 4. The Bertz CT molecular complexity index is 1070. The van der Waals surface area contributed by atoms with E-state index in [1.165, 1.54) is 0 Å². The Morgan fingerprint density at radius 3 is 2.84 bits per heavy atom. The molecule has 4 amide bonds. The van der Waals surface area contributed by atoms with Crippen LogP contribution in [0, 0.1) is 13.8 Å². The number of anilines is 1. The molecule has 3 heterocycles. The molecule has 8 heteroatoms. The van der Waals surface area contributed by atoms with Crippen molar-refractivity contribution in [1.82, 2.24) is 20.5 Å². The van der Waals surface area contributed by atoms with Crippen molar-refractivity contribution in [1.29, 1.82) is 0 Å². The smallest absolute Gasteiger partial charge is 0.317 e. The Morgan fingerprint density at radius 2 is 2.03 bits per heavy atom. The molecule has 1 saturated heterocycles. The molecule has 0 radical (unpaired) electrons. The van der Waals surface area contributed by atoms with Crippen molar-refractivity contribution in [2.45, 2.75) is 26.7 Å². The van der Waals surface area contributed by atoms with Crippen molar-refractivity contribution in [3.8, 4) is 0 Å². The predicted octanol–water partition coefficient (Wildman–Crippen LogP) is 2.66. The fraction of sp³-hybridized carbons (Fsp3) is 0.348. The number of benzene rings is 1. The number of rotatable bonds is 6. The van der Waals surface area contributed by atoms with E-state index >= 15 is 0 Å². The summed E-state index contributed by atoms with van der Waals surface area (Å²) in [5.41, 5.74) is 5.11. The molecule has 1 fully saturated rings. The first-order valence-corrected chi connectivity index (χ1v) is 10.6. The number of aromatic nitrogens is 1. The standard InChI is InChI=1S/C23H27N5O3/c1-14-19(13-17-16-7-3-4-8-18(16)27-21(17)29)26-15(2)20(14)22(30)24-9-5-11-28-12-6-10-25-23(28)31/h3-4,7-8,13,26H,5-6,9-12H2,1-2H3,(H,24,30)(H,25,31)(H,27,29)/b17-13-. The third-order valence-electron chi connectivity index (χ3n) is 5.76. The van der Waals surface area contributed by atoms with Gasteiger partial charge in [0.15, 0.2) is 0 Å². The highest BCUT2D eigenvalue weighted by Gasteiger charge is 2.25. The second-order valence-corrected chi connectivity index (χ2v) is 7.90. The number of carbonyl (C=O) groups is 3. The van der Waals surface area contributed by atoms with Crippen LogP contribution in [-0.2, 0) is 4.79 Å². The van der Waals surface area contributed by atoms with Gasteiger partial charge in [-0.3, -0.25) is 9.59 Å². The van der Waals surface area contributed by atoms with E-state index in [0.717, 1.165) is 47.7 Å². The van der Waals surface area contributed by atoms with Gasteiger partial charge in [0.1, 0.15) is 0 Å². The second-order valence-electron chi connectivity index (χ2n) is 7.90. The zero-order chi connectivity index (χ0) is 22.0. The van der Waals surface area contributed by atoms with Crippen molar-refractivity contribution in [3.63, 3.8) is 0 Å². The molecule has 0 bridgehead atoms. The molecule has 2 aliphatic heterocycles. The van der Waals surface area contributed by atoms with E-state index in [1.807, 2.05) is 38.1 Å². The molecule has 1 aromatic heterocycles. The van der Waals surface area contributed by atoms with Gasteiger partial charge < -0.3 is 25.8 Å². The highest BCUT2D eigenvalue weighted by atomic mass is 16.2. The zero-order valence-electron chi connectivity index (χ0n) is 17.8. The van der Waals surface area contributed by atoms with Crippen LogP contribution in [0.1, 0.15) is 45.7 Å². The summed E-state index contributed by atoms with van der Waals surface area (Å²) < 4.78 is 0. The minimum Gasteiger partial charge on any atom is -0.358 e. The minimum absolute atomic E-state index is 0.0369. The van der Waals surface area contributed by atoms with Gasteiger partial charge in [-0.05, 0) is 44.4 Å². The minimum atomic E-state index is -0.157. The van der Waals surface area contributed by atoms with Crippen LogP contribution in [0.25, 0.3) is 11.6 Å². The molecule has 4 N–H and O–H groups in total. The maximum absolute atomic E-state index is 12.8. The normalized spacial score (nSPS) is 16.8. The Balaban J connectivity index is 1.43. The monoisotopic (exact) mass is 421 g/mol. The summed E-state index contributed by atoms with van der Waals surface area (Å²) in [5.74, 6) is -0.309. The summed E-state index contributed by atoms with van der Waals surface area (Å²) in [5, 5.41) is 8.64. The number of hydrogen-bond donors (Lipinski definition) is 4. The van der Waals surface area contributed by atoms with Crippen molar-refractivity contribution < 1.29 is 14.4 Å². The van der Waals surface area contributed by atoms with Gasteiger partial charge in [0.25, 0.3) is 11.8 Å². The van der Waals surface area contributed by atoms with Crippen molar-refractivity contribution in [2.24, 2.45) is 0 Å². The number of aryl methyl sites for hydroxylation is 1. The molecular formula is C23H27N5O3. The van der Waals surface area contributed by atoms with Gasteiger partial charge in [0.05, 0.1) is 11.1 Å². The lowest BCUT2D eigenvalue weighted by molar-refractivity contribution is -0.110. The van der Waals surface area contributed by atoms with Crippen LogP contribution in [0.15, 0.2) is 24.3 Å². The summed E-state index contributed by atoms with van der Waals surface area (Å²) in [6, 6.07) is 7.51. The van der Waals surface area contributed by atoms with E-state index < -0.39 is 0 Å². The quantitative estimate of drug-likeness (QED) is 0.426. The Labute approximate surface area is 181 Å². The number of para-hydroxylation sites is 1. The molecule has 0 saturated carbocycles. The van der Waals surface area contributed by atoms with Crippen LogP contribution in [0.3, 0.4) is 0 Å². The number of urea groups is 1. The summed E-state index contributed by atoms with van der Waals surface area (Å²) >= 11 is 0. The van der Waals surface area contributed by atoms with Gasteiger partial charge in [0, 0.05) is 48.8 Å². The first kappa shape index (κ1) is 20.7. The molecule has 1 aromatic carbocycles. The van der Waals surface area contributed by atoms with Crippen molar-refractivity contribution in [3.05, 3.63) is 52.3 Å². The maximum Gasteiger partial charge on any atom is 0.317 e. The third-order valence-corrected chi connectivity index (χ3v) is 5.76. The lowest BCUT2D eigenvalue weighted by Gasteiger charge is -2.27. The molecule has 2 aromatic rings. The Hall–Kier alpha value is -3.55. The van der Waals surface area contributed by atoms with Gasteiger partial charge in [-0.2, -0.15) is 0 Å². The first-order chi connectivity index (χ1) is 15.0. The van der Waals surface area contributed by atoms with Crippen LogP contribution in [0.4, 0.5) is 10.5 Å². The first-order valence-electron chi connectivity index (χ1n) is 10.6. The van der Waals surface area contributed by atoms with Crippen LogP contribution < -0.4 is 16.0 Å². The molecule has 0 spiro atoms. The molecule has 0 aliphatic carbocycles. The van der Waals surface area contributed by atoms with E-state index in [9.17, 15) is 14.4 Å². The maximum atomic E-state index is 12.8. The fourth-order valence-corrected chi connectivity index (χ4v) is 4.14. The number of nitrogens with one attached hydrogen (secondary N) is 4. The number of fused-ring (bicyclic) bond motifs is 1. The third kappa shape index (κ3) is 4.19. The Morgan fingerprint density at radius 1 is 1.23 bits per heavy atom. The predicted molar refractivity (Wildman–Crippen MR) is 120 cm³/mol. The SMILES string of the molecule is Cc1[nH]c(/C=C2\C(=O)Nc3ccccc32)c(C)c1C(=O)NCCCN1CCCNC1=O. The van der Waals surface area contributed by atoms with Gasteiger partial charge in [0.2, 0.25) is 0 Å². The number of H-pyrrole nitrogens is 1. The van der Waals surface area contributed by atoms with Crippen LogP contribution >= 0.6 is 0 Å². The largest absolute Gasteiger partial charge is 0.358 e. The van der Waals surface area contributed by atoms with E-state index in [1.54, 1.807) is 11.0 Å². The molecule has 0 atom stereocenters. The summed E-state index contributed by atoms with van der Waals surface area (Å²) in [6.45, 7) is 6.31. The van der Waals surface area contributed by atoms with E-state index in [4.69, 9.17) is 0 Å². The molecular weight excluding hydrogens is 394 g/mol. The molecule has 8 nitrogen and oxygen atoms in total. The molecule has 31 heavy (non-hydrogen) atoms. The summed E-state index contributed by atoms with van der Waals surface area (Å²) in [6.07, 6.45) is 3.44. The Kier molecular flexibility index (Phi) is 5.79.